The average molecular weight is 287 g/mol. The monoisotopic (exact) mass is 287 g/mol. The number of para-hydroxylation sites is 2. The predicted molar refractivity (Wildman–Crippen MR) is 85.1 cm³/mol. The Hall–Kier alpha value is -1.39. The molecule has 1 N–H and O–H groups in total. The van der Waals surface area contributed by atoms with E-state index in [0.717, 1.165) is 43.2 Å². The zero-order valence-electron chi connectivity index (χ0n) is 13.0. The maximum Gasteiger partial charge on any atom is 0.209 e. The van der Waals surface area contributed by atoms with Crippen molar-refractivity contribution in [1.82, 2.24) is 15.2 Å². The van der Waals surface area contributed by atoms with E-state index in [1.165, 1.54) is 12.8 Å². The van der Waals surface area contributed by atoms with Crippen LogP contribution in [0.15, 0.2) is 28.7 Å². The minimum atomic E-state index is 0.619. The maximum absolute atomic E-state index is 5.87. The molecule has 3 rings (SSSR count). The van der Waals surface area contributed by atoms with Crippen molar-refractivity contribution in [2.45, 2.75) is 39.3 Å². The maximum atomic E-state index is 5.87. The molecule has 4 heteroatoms. The van der Waals surface area contributed by atoms with Gasteiger partial charge in [0.1, 0.15) is 5.52 Å². The molecule has 1 aromatic carbocycles. The Morgan fingerprint density at radius 3 is 2.95 bits per heavy atom. The van der Waals surface area contributed by atoms with E-state index < -0.39 is 0 Å². The first-order valence-corrected chi connectivity index (χ1v) is 8.01. The molecule has 0 spiro atoms. The average Bonchev–Trinajstić information content (AvgIpc) is 3.06. The lowest BCUT2D eigenvalue weighted by Crippen LogP contribution is -2.39. The molecule has 0 amide bonds. The van der Waals surface area contributed by atoms with Crippen LogP contribution < -0.4 is 5.32 Å². The van der Waals surface area contributed by atoms with Gasteiger partial charge in [-0.3, -0.25) is 4.90 Å². The van der Waals surface area contributed by atoms with Crippen LogP contribution >= 0.6 is 0 Å². The van der Waals surface area contributed by atoms with Crippen LogP contribution in [0, 0.1) is 5.92 Å². The van der Waals surface area contributed by atoms with Gasteiger partial charge in [-0.25, -0.2) is 4.98 Å². The van der Waals surface area contributed by atoms with E-state index in [1.54, 1.807) is 0 Å². The molecular weight excluding hydrogens is 262 g/mol. The molecule has 1 fully saturated rings. The highest BCUT2D eigenvalue weighted by molar-refractivity contribution is 5.72. The van der Waals surface area contributed by atoms with Crippen molar-refractivity contribution in [1.29, 1.82) is 0 Å². The lowest BCUT2D eigenvalue weighted by atomic mass is 10.1. The second kappa shape index (κ2) is 6.58. The van der Waals surface area contributed by atoms with Crippen molar-refractivity contribution in [3.8, 4) is 0 Å². The highest BCUT2D eigenvalue weighted by Crippen LogP contribution is 2.17. The number of nitrogens with one attached hydrogen (secondary N) is 1. The van der Waals surface area contributed by atoms with Crippen LogP contribution in [0.3, 0.4) is 0 Å². The summed E-state index contributed by atoms with van der Waals surface area (Å²) in [5.41, 5.74) is 1.84. The number of rotatable bonds is 6. The smallest absolute Gasteiger partial charge is 0.209 e. The van der Waals surface area contributed by atoms with Crippen molar-refractivity contribution >= 4 is 11.1 Å². The van der Waals surface area contributed by atoms with E-state index in [-0.39, 0.29) is 0 Å². The van der Waals surface area contributed by atoms with E-state index >= 15 is 0 Å². The third-order valence-corrected chi connectivity index (χ3v) is 3.96. The molecule has 114 valence electrons. The predicted octanol–water partition coefficient (Wildman–Crippen LogP) is 3.04. The third-order valence-electron chi connectivity index (χ3n) is 3.96. The molecule has 1 saturated heterocycles. The number of fused-ring (bicyclic) bond motifs is 1. The van der Waals surface area contributed by atoms with Crippen LogP contribution in [0.1, 0.15) is 32.6 Å². The molecule has 0 radical (unpaired) electrons. The molecule has 1 aromatic heterocycles. The van der Waals surface area contributed by atoms with Crippen molar-refractivity contribution < 1.29 is 4.42 Å². The summed E-state index contributed by atoms with van der Waals surface area (Å²) >= 11 is 0. The van der Waals surface area contributed by atoms with E-state index in [9.17, 15) is 0 Å². The van der Waals surface area contributed by atoms with Gasteiger partial charge in [-0.15, -0.1) is 0 Å². The molecule has 21 heavy (non-hydrogen) atoms. The van der Waals surface area contributed by atoms with Gasteiger partial charge < -0.3 is 9.73 Å². The normalized spacial score (nSPS) is 19.1. The fourth-order valence-corrected chi connectivity index (χ4v) is 3.12. The third kappa shape index (κ3) is 3.83. The lowest BCUT2D eigenvalue weighted by molar-refractivity contribution is 0.199. The Bertz CT molecular complexity index is 539. The molecule has 1 aliphatic rings. The highest BCUT2D eigenvalue weighted by Gasteiger charge is 2.20. The van der Waals surface area contributed by atoms with Gasteiger partial charge in [0.15, 0.2) is 5.58 Å². The SMILES string of the molecule is CC(C)CN(Cc1nc2ccccc2o1)CC1CCCN1. The fourth-order valence-electron chi connectivity index (χ4n) is 3.12. The number of aromatic nitrogens is 1. The molecule has 1 atom stereocenters. The topological polar surface area (TPSA) is 41.3 Å². The van der Waals surface area contributed by atoms with Gasteiger partial charge in [0.2, 0.25) is 5.89 Å². The van der Waals surface area contributed by atoms with Crippen molar-refractivity contribution in [2.75, 3.05) is 19.6 Å². The first kappa shape index (κ1) is 14.5. The van der Waals surface area contributed by atoms with Crippen LogP contribution in [0.25, 0.3) is 11.1 Å². The van der Waals surface area contributed by atoms with Gasteiger partial charge in [0, 0.05) is 19.1 Å². The van der Waals surface area contributed by atoms with Gasteiger partial charge in [0.25, 0.3) is 0 Å². The summed E-state index contributed by atoms with van der Waals surface area (Å²) in [5.74, 6) is 1.48. The van der Waals surface area contributed by atoms with E-state index in [2.05, 4.69) is 29.0 Å². The largest absolute Gasteiger partial charge is 0.439 e. The summed E-state index contributed by atoms with van der Waals surface area (Å²) in [6, 6.07) is 8.60. The first-order valence-electron chi connectivity index (χ1n) is 8.01. The highest BCUT2D eigenvalue weighted by atomic mass is 16.3. The van der Waals surface area contributed by atoms with Gasteiger partial charge in [0.05, 0.1) is 6.54 Å². The number of hydrogen-bond acceptors (Lipinski definition) is 4. The van der Waals surface area contributed by atoms with E-state index in [1.807, 2.05) is 24.3 Å². The number of hydrogen-bond donors (Lipinski definition) is 1. The number of benzene rings is 1. The minimum absolute atomic E-state index is 0.619. The molecular formula is C17H25N3O. The van der Waals surface area contributed by atoms with E-state index in [4.69, 9.17) is 4.42 Å². The summed E-state index contributed by atoms with van der Waals surface area (Å²) in [4.78, 5) is 7.08. The quantitative estimate of drug-likeness (QED) is 0.886. The molecule has 4 nitrogen and oxygen atoms in total. The van der Waals surface area contributed by atoms with Crippen LogP contribution in [0.2, 0.25) is 0 Å². The molecule has 0 saturated carbocycles. The summed E-state index contributed by atoms with van der Waals surface area (Å²) in [6.45, 7) is 8.64. The van der Waals surface area contributed by atoms with Crippen LogP contribution in [-0.2, 0) is 6.54 Å². The first-order chi connectivity index (χ1) is 10.2. The second-order valence-electron chi connectivity index (χ2n) is 6.46. The number of nitrogens with zero attached hydrogens (tertiary/aromatic N) is 2. The van der Waals surface area contributed by atoms with Crippen LogP contribution in [0.5, 0.6) is 0 Å². The molecule has 0 aliphatic carbocycles. The fraction of sp³-hybridized carbons (Fsp3) is 0.588. The zero-order valence-corrected chi connectivity index (χ0v) is 13.0. The van der Waals surface area contributed by atoms with Crippen molar-refractivity contribution in [2.24, 2.45) is 5.92 Å². The standard InChI is InChI=1S/C17H25N3O/c1-13(2)10-20(11-14-6-5-9-18-14)12-17-19-15-7-3-4-8-16(15)21-17/h3-4,7-8,13-14,18H,5-6,9-12H2,1-2H3. The molecule has 2 heterocycles. The Morgan fingerprint density at radius 1 is 1.38 bits per heavy atom. The Labute approximate surface area is 126 Å². The summed E-state index contributed by atoms with van der Waals surface area (Å²) in [7, 11) is 0. The molecule has 1 unspecified atom stereocenters. The van der Waals surface area contributed by atoms with Gasteiger partial charge in [-0.05, 0) is 37.4 Å². The number of oxazole rings is 1. The second-order valence-corrected chi connectivity index (χ2v) is 6.46. The molecule has 2 aromatic rings. The summed E-state index contributed by atoms with van der Waals surface area (Å²) in [6.07, 6.45) is 2.57. The Kier molecular flexibility index (Phi) is 4.56. The van der Waals surface area contributed by atoms with Crippen molar-refractivity contribution in [3.05, 3.63) is 30.2 Å². The van der Waals surface area contributed by atoms with Crippen molar-refractivity contribution in [3.63, 3.8) is 0 Å². The minimum Gasteiger partial charge on any atom is -0.439 e. The Morgan fingerprint density at radius 2 is 2.24 bits per heavy atom. The van der Waals surface area contributed by atoms with E-state index in [0.29, 0.717) is 12.0 Å². The molecule has 1 aliphatic heterocycles. The van der Waals surface area contributed by atoms with Gasteiger partial charge in [-0.1, -0.05) is 26.0 Å². The van der Waals surface area contributed by atoms with Crippen LogP contribution in [0.4, 0.5) is 0 Å². The lowest BCUT2D eigenvalue weighted by Gasteiger charge is -2.26. The zero-order chi connectivity index (χ0) is 14.7. The van der Waals surface area contributed by atoms with Crippen LogP contribution in [-0.4, -0.2) is 35.6 Å². The Balaban J connectivity index is 1.69. The summed E-state index contributed by atoms with van der Waals surface area (Å²) in [5, 5.41) is 3.58. The van der Waals surface area contributed by atoms with Gasteiger partial charge in [-0.2, -0.15) is 0 Å². The van der Waals surface area contributed by atoms with Gasteiger partial charge >= 0.3 is 0 Å². The summed E-state index contributed by atoms with van der Waals surface area (Å²) < 4.78 is 5.87. The molecule has 0 bridgehead atoms.